The van der Waals surface area contributed by atoms with Crippen LogP contribution < -0.4 is 16.0 Å². The van der Waals surface area contributed by atoms with E-state index in [1.807, 2.05) is 20.8 Å². The maximum absolute atomic E-state index is 14.3. The SMILES string of the molecule is CCC[C@H](N[C@H]1CCc2cc(F)cc(F)c2C1)C(=O)Nc1cn(C(CC)C(=O)NC(CC)COC)cn1. The van der Waals surface area contributed by atoms with E-state index >= 15 is 0 Å². The van der Waals surface area contributed by atoms with Crippen LogP contribution in [0, 0.1) is 11.6 Å². The number of aromatic nitrogens is 2. The molecule has 37 heavy (non-hydrogen) atoms. The molecule has 8 nitrogen and oxygen atoms in total. The van der Waals surface area contributed by atoms with Crippen LogP contribution in [-0.2, 0) is 27.2 Å². The van der Waals surface area contributed by atoms with Crippen molar-refractivity contribution in [1.29, 1.82) is 0 Å². The molecule has 0 aliphatic heterocycles. The van der Waals surface area contributed by atoms with Gasteiger partial charge in [0.1, 0.15) is 17.7 Å². The number of anilines is 1. The molecule has 0 saturated heterocycles. The molecule has 3 N–H and O–H groups in total. The van der Waals surface area contributed by atoms with Gasteiger partial charge in [-0.3, -0.25) is 9.59 Å². The van der Waals surface area contributed by atoms with Crippen LogP contribution in [0.1, 0.15) is 70.0 Å². The van der Waals surface area contributed by atoms with Crippen LogP contribution in [0.3, 0.4) is 0 Å². The van der Waals surface area contributed by atoms with Gasteiger partial charge in [-0.05, 0) is 55.7 Å². The smallest absolute Gasteiger partial charge is 0.243 e. The minimum atomic E-state index is -0.562. The summed E-state index contributed by atoms with van der Waals surface area (Å²) in [6, 6.07) is 1.18. The van der Waals surface area contributed by atoms with Gasteiger partial charge in [-0.2, -0.15) is 0 Å². The predicted molar refractivity (Wildman–Crippen MR) is 138 cm³/mol. The number of methoxy groups -OCH3 is 1. The first kappa shape index (κ1) is 28.7. The summed E-state index contributed by atoms with van der Waals surface area (Å²) >= 11 is 0. The molecule has 1 aliphatic carbocycles. The zero-order valence-electron chi connectivity index (χ0n) is 22.2. The number of hydrogen-bond donors (Lipinski definition) is 3. The maximum Gasteiger partial charge on any atom is 0.243 e. The quantitative estimate of drug-likeness (QED) is 0.373. The molecule has 2 amide bonds. The van der Waals surface area contributed by atoms with Crippen LogP contribution in [0.2, 0.25) is 0 Å². The van der Waals surface area contributed by atoms with Gasteiger partial charge < -0.3 is 25.3 Å². The summed E-state index contributed by atoms with van der Waals surface area (Å²) in [7, 11) is 1.60. The van der Waals surface area contributed by atoms with Crippen molar-refractivity contribution in [3.63, 3.8) is 0 Å². The zero-order valence-corrected chi connectivity index (χ0v) is 22.2. The first-order valence-electron chi connectivity index (χ1n) is 13.2. The van der Waals surface area contributed by atoms with Gasteiger partial charge in [-0.1, -0.05) is 27.2 Å². The van der Waals surface area contributed by atoms with E-state index in [0.717, 1.165) is 18.9 Å². The fraction of sp³-hybridized carbons (Fsp3) is 0.593. The van der Waals surface area contributed by atoms with E-state index in [0.29, 0.717) is 55.7 Å². The molecule has 4 atom stereocenters. The normalized spacial score (nSPS) is 17.5. The number of fused-ring (bicyclic) bond motifs is 1. The molecule has 0 radical (unpaired) electrons. The Morgan fingerprint density at radius 3 is 2.65 bits per heavy atom. The monoisotopic (exact) mass is 519 g/mol. The topological polar surface area (TPSA) is 97.3 Å². The second kappa shape index (κ2) is 13.6. The Hall–Kier alpha value is -2.85. The van der Waals surface area contributed by atoms with E-state index in [9.17, 15) is 18.4 Å². The van der Waals surface area contributed by atoms with Gasteiger partial charge in [0, 0.05) is 25.4 Å². The third kappa shape index (κ3) is 7.58. The summed E-state index contributed by atoms with van der Waals surface area (Å²) in [4.78, 5) is 30.3. The Balaban J connectivity index is 1.63. The number of ether oxygens (including phenoxy) is 1. The highest BCUT2D eigenvalue weighted by Gasteiger charge is 2.28. The Kier molecular flexibility index (Phi) is 10.6. The second-order valence-corrected chi connectivity index (χ2v) is 9.66. The molecule has 1 heterocycles. The van der Waals surface area contributed by atoms with Gasteiger partial charge in [0.05, 0.1) is 25.0 Å². The maximum atomic E-state index is 14.3. The van der Waals surface area contributed by atoms with E-state index < -0.39 is 23.7 Å². The summed E-state index contributed by atoms with van der Waals surface area (Å²) in [6.07, 6.45) is 7.53. The van der Waals surface area contributed by atoms with E-state index in [-0.39, 0.29) is 23.9 Å². The molecule has 0 fully saturated rings. The van der Waals surface area contributed by atoms with Crippen LogP contribution in [0.15, 0.2) is 24.7 Å². The lowest BCUT2D eigenvalue weighted by atomic mass is 9.87. The number of rotatable bonds is 13. The fourth-order valence-electron chi connectivity index (χ4n) is 4.87. The summed E-state index contributed by atoms with van der Waals surface area (Å²) in [6.45, 7) is 6.33. The van der Waals surface area contributed by atoms with Crippen molar-refractivity contribution in [2.24, 2.45) is 0 Å². The Bertz CT molecular complexity index is 1060. The minimum absolute atomic E-state index is 0.0747. The number of carbonyl (C=O) groups excluding carboxylic acids is 2. The second-order valence-electron chi connectivity index (χ2n) is 9.66. The summed E-state index contributed by atoms with van der Waals surface area (Å²) < 4.78 is 34.7. The van der Waals surface area contributed by atoms with Crippen molar-refractivity contribution in [2.75, 3.05) is 19.0 Å². The molecule has 10 heteroatoms. The molecular formula is C27H39F2N5O3. The van der Waals surface area contributed by atoms with E-state index in [1.165, 1.54) is 6.07 Å². The third-order valence-corrected chi connectivity index (χ3v) is 6.91. The van der Waals surface area contributed by atoms with Crippen LogP contribution in [0.5, 0.6) is 0 Å². The zero-order chi connectivity index (χ0) is 26.9. The van der Waals surface area contributed by atoms with E-state index in [1.54, 1.807) is 24.2 Å². The van der Waals surface area contributed by atoms with Gasteiger partial charge in [0.15, 0.2) is 5.82 Å². The molecule has 2 unspecified atom stereocenters. The van der Waals surface area contributed by atoms with Crippen molar-refractivity contribution in [3.05, 3.63) is 47.4 Å². The number of halogens is 2. The molecule has 1 aliphatic rings. The van der Waals surface area contributed by atoms with Crippen LogP contribution in [-0.4, -0.2) is 53.2 Å². The van der Waals surface area contributed by atoms with Crippen LogP contribution in [0.4, 0.5) is 14.6 Å². The van der Waals surface area contributed by atoms with Crippen molar-refractivity contribution >= 4 is 17.6 Å². The molecule has 204 valence electrons. The Morgan fingerprint density at radius 1 is 1.19 bits per heavy atom. The van der Waals surface area contributed by atoms with Gasteiger partial charge in [-0.15, -0.1) is 0 Å². The standard InChI is InChI=1S/C27H39F2N5O3/c1-5-8-23(31-20-10-9-17-11-18(28)12-22(29)21(17)13-20)26(35)33-25-14-34(16-30-25)24(7-3)27(36)32-19(6-2)15-37-4/h11-12,14,16,19-20,23-24,31H,5-10,13,15H2,1-4H3,(H,32,36)(H,33,35)/t19?,20-,23-,24?/m0/s1. The Labute approximate surface area is 217 Å². The lowest BCUT2D eigenvalue weighted by molar-refractivity contribution is -0.125. The van der Waals surface area contributed by atoms with Crippen molar-refractivity contribution < 1.29 is 23.1 Å². The number of aryl methyl sites for hydroxylation is 1. The summed E-state index contributed by atoms with van der Waals surface area (Å²) in [5, 5.41) is 9.24. The largest absolute Gasteiger partial charge is 0.383 e. The molecule has 0 saturated carbocycles. The molecule has 1 aromatic carbocycles. The predicted octanol–water partition coefficient (Wildman–Crippen LogP) is 3.91. The average molecular weight is 520 g/mol. The minimum Gasteiger partial charge on any atom is -0.383 e. The molecule has 3 rings (SSSR count). The molecule has 0 bridgehead atoms. The number of carbonyl (C=O) groups is 2. The van der Waals surface area contributed by atoms with Crippen molar-refractivity contribution in [2.45, 2.75) is 89.9 Å². The lowest BCUT2D eigenvalue weighted by Crippen LogP contribution is -2.48. The summed E-state index contributed by atoms with van der Waals surface area (Å²) in [5.41, 5.74) is 1.21. The van der Waals surface area contributed by atoms with Crippen molar-refractivity contribution in [3.8, 4) is 0 Å². The Morgan fingerprint density at radius 2 is 1.97 bits per heavy atom. The highest BCUT2D eigenvalue weighted by atomic mass is 19.1. The number of nitrogens with one attached hydrogen (secondary N) is 3. The molecule has 2 aromatic rings. The van der Waals surface area contributed by atoms with Crippen LogP contribution in [0.25, 0.3) is 0 Å². The summed E-state index contributed by atoms with van der Waals surface area (Å²) in [5.74, 6) is -1.10. The molecular weight excluding hydrogens is 480 g/mol. The van der Waals surface area contributed by atoms with Gasteiger partial charge in [-0.25, -0.2) is 13.8 Å². The highest BCUT2D eigenvalue weighted by molar-refractivity contribution is 5.94. The van der Waals surface area contributed by atoms with Gasteiger partial charge in [0.2, 0.25) is 11.8 Å². The first-order chi connectivity index (χ1) is 17.8. The number of hydrogen-bond acceptors (Lipinski definition) is 5. The molecule has 0 spiro atoms. The first-order valence-corrected chi connectivity index (χ1v) is 13.2. The fourth-order valence-corrected chi connectivity index (χ4v) is 4.87. The van der Waals surface area contributed by atoms with Crippen molar-refractivity contribution in [1.82, 2.24) is 20.2 Å². The van der Waals surface area contributed by atoms with Gasteiger partial charge in [0.25, 0.3) is 0 Å². The average Bonchev–Trinajstić information content (AvgIpc) is 3.32. The number of imidazole rings is 1. The van der Waals surface area contributed by atoms with E-state index in [4.69, 9.17) is 4.74 Å². The highest BCUT2D eigenvalue weighted by Crippen LogP contribution is 2.26. The molecule has 1 aromatic heterocycles. The van der Waals surface area contributed by atoms with Crippen LogP contribution >= 0.6 is 0 Å². The van der Waals surface area contributed by atoms with E-state index in [2.05, 4.69) is 20.9 Å². The number of nitrogens with zero attached hydrogens (tertiary/aromatic N) is 2. The lowest BCUT2D eigenvalue weighted by Gasteiger charge is -2.29. The van der Waals surface area contributed by atoms with Gasteiger partial charge >= 0.3 is 0 Å². The number of amides is 2. The number of benzene rings is 1. The third-order valence-electron chi connectivity index (χ3n) is 6.91.